The Morgan fingerprint density at radius 3 is 2.65 bits per heavy atom. The van der Waals surface area contributed by atoms with E-state index in [9.17, 15) is 4.79 Å². The minimum Gasteiger partial charge on any atom is -0.467 e. The van der Waals surface area contributed by atoms with Crippen LogP contribution in [0.3, 0.4) is 0 Å². The lowest BCUT2D eigenvalue weighted by molar-refractivity contribution is -0.145. The van der Waals surface area contributed by atoms with Gasteiger partial charge in [0.25, 0.3) is 0 Å². The first kappa shape index (κ1) is 16.5. The standard InChI is InChI=1S/C17H27NO2/c1-5-6-7-8-12-17(3,16(19)20-4)18-15-11-9-10-14(2)13-15/h9-11,13,18H,5-8,12H2,1-4H3. The molecule has 20 heavy (non-hydrogen) atoms. The molecule has 0 fully saturated rings. The summed E-state index contributed by atoms with van der Waals surface area (Å²) in [6.45, 7) is 6.15. The second-order valence-corrected chi connectivity index (χ2v) is 5.63. The summed E-state index contributed by atoms with van der Waals surface area (Å²) in [5, 5.41) is 3.35. The second-order valence-electron chi connectivity index (χ2n) is 5.63. The minimum atomic E-state index is -0.656. The van der Waals surface area contributed by atoms with Crippen LogP contribution in [0.5, 0.6) is 0 Å². The smallest absolute Gasteiger partial charge is 0.331 e. The summed E-state index contributed by atoms with van der Waals surface area (Å²) in [6.07, 6.45) is 5.37. The van der Waals surface area contributed by atoms with E-state index < -0.39 is 5.54 Å². The van der Waals surface area contributed by atoms with E-state index in [4.69, 9.17) is 4.74 Å². The zero-order valence-electron chi connectivity index (χ0n) is 13.2. The Morgan fingerprint density at radius 2 is 2.05 bits per heavy atom. The molecule has 0 aliphatic heterocycles. The van der Waals surface area contributed by atoms with Crippen LogP contribution in [0.4, 0.5) is 5.69 Å². The number of rotatable bonds is 8. The summed E-state index contributed by atoms with van der Waals surface area (Å²) >= 11 is 0. The first-order valence-corrected chi connectivity index (χ1v) is 7.45. The van der Waals surface area contributed by atoms with Gasteiger partial charge in [0, 0.05) is 5.69 Å². The molecule has 0 heterocycles. The summed E-state index contributed by atoms with van der Waals surface area (Å²) in [5.41, 5.74) is 1.48. The highest BCUT2D eigenvalue weighted by molar-refractivity contribution is 5.84. The molecule has 0 aliphatic rings. The van der Waals surface area contributed by atoms with Crippen LogP contribution in [0.2, 0.25) is 0 Å². The van der Waals surface area contributed by atoms with Gasteiger partial charge in [-0.05, 0) is 38.0 Å². The Morgan fingerprint density at radius 1 is 1.30 bits per heavy atom. The Kier molecular flexibility index (Phi) is 6.56. The SMILES string of the molecule is CCCCCCC(C)(Nc1cccc(C)c1)C(=O)OC. The van der Waals surface area contributed by atoms with E-state index in [-0.39, 0.29) is 5.97 Å². The first-order chi connectivity index (χ1) is 9.51. The third kappa shape index (κ3) is 4.87. The number of unbranched alkanes of at least 4 members (excludes halogenated alkanes) is 3. The molecule has 0 spiro atoms. The van der Waals surface area contributed by atoms with Crippen molar-refractivity contribution in [2.75, 3.05) is 12.4 Å². The Bertz CT molecular complexity index is 431. The van der Waals surface area contributed by atoms with Gasteiger partial charge in [-0.25, -0.2) is 4.79 Å². The molecular formula is C17H27NO2. The van der Waals surface area contributed by atoms with Crippen LogP contribution in [-0.4, -0.2) is 18.6 Å². The van der Waals surface area contributed by atoms with Gasteiger partial charge in [0.1, 0.15) is 5.54 Å². The lowest BCUT2D eigenvalue weighted by atomic mass is 9.93. The van der Waals surface area contributed by atoms with Gasteiger partial charge >= 0.3 is 5.97 Å². The van der Waals surface area contributed by atoms with Gasteiger partial charge in [-0.3, -0.25) is 0 Å². The van der Waals surface area contributed by atoms with Crippen LogP contribution < -0.4 is 5.32 Å². The number of methoxy groups -OCH3 is 1. The first-order valence-electron chi connectivity index (χ1n) is 7.45. The number of nitrogens with one attached hydrogen (secondary N) is 1. The Labute approximate surface area is 122 Å². The molecule has 1 unspecified atom stereocenters. The Balaban J connectivity index is 2.74. The number of hydrogen-bond donors (Lipinski definition) is 1. The average molecular weight is 277 g/mol. The van der Waals surface area contributed by atoms with Gasteiger partial charge in [0.15, 0.2) is 0 Å². The number of ether oxygens (including phenoxy) is 1. The maximum atomic E-state index is 12.1. The van der Waals surface area contributed by atoms with Crippen molar-refractivity contribution in [2.24, 2.45) is 0 Å². The molecular weight excluding hydrogens is 250 g/mol. The summed E-state index contributed by atoms with van der Waals surface area (Å²) in [6, 6.07) is 8.07. The number of carbonyl (C=O) groups is 1. The van der Waals surface area contributed by atoms with Gasteiger partial charge in [0.05, 0.1) is 7.11 Å². The zero-order valence-corrected chi connectivity index (χ0v) is 13.2. The molecule has 1 N–H and O–H groups in total. The molecule has 1 atom stereocenters. The van der Waals surface area contributed by atoms with E-state index in [0.29, 0.717) is 0 Å². The van der Waals surface area contributed by atoms with Crippen LogP contribution >= 0.6 is 0 Å². The van der Waals surface area contributed by atoms with Crippen molar-refractivity contribution in [1.82, 2.24) is 0 Å². The monoisotopic (exact) mass is 277 g/mol. The molecule has 0 bridgehead atoms. The fraction of sp³-hybridized carbons (Fsp3) is 0.588. The topological polar surface area (TPSA) is 38.3 Å². The molecule has 0 saturated heterocycles. The highest BCUT2D eigenvalue weighted by atomic mass is 16.5. The van der Waals surface area contributed by atoms with E-state index in [1.54, 1.807) is 0 Å². The number of aryl methyl sites for hydroxylation is 1. The molecule has 0 aliphatic carbocycles. The van der Waals surface area contributed by atoms with E-state index in [1.807, 2.05) is 38.1 Å². The zero-order chi connectivity index (χ0) is 15.0. The predicted molar refractivity (Wildman–Crippen MR) is 84.0 cm³/mol. The largest absolute Gasteiger partial charge is 0.467 e. The number of hydrogen-bond acceptors (Lipinski definition) is 3. The van der Waals surface area contributed by atoms with Gasteiger partial charge in [-0.2, -0.15) is 0 Å². The quantitative estimate of drug-likeness (QED) is 0.568. The maximum absolute atomic E-state index is 12.1. The number of benzene rings is 1. The van der Waals surface area contributed by atoms with E-state index in [2.05, 4.69) is 12.2 Å². The summed E-state index contributed by atoms with van der Waals surface area (Å²) in [7, 11) is 1.45. The van der Waals surface area contributed by atoms with Crippen LogP contribution in [0.1, 0.15) is 51.5 Å². The highest BCUT2D eigenvalue weighted by Gasteiger charge is 2.33. The van der Waals surface area contributed by atoms with Crippen molar-refractivity contribution >= 4 is 11.7 Å². The molecule has 0 aromatic heterocycles. The summed E-state index contributed by atoms with van der Waals surface area (Å²) in [4.78, 5) is 12.1. The van der Waals surface area contributed by atoms with Gasteiger partial charge in [0.2, 0.25) is 0 Å². The molecule has 3 heteroatoms. The van der Waals surface area contributed by atoms with Gasteiger partial charge in [-0.1, -0.05) is 44.7 Å². The van der Waals surface area contributed by atoms with Gasteiger partial charge < -0.3 is 10.1 Å². The van der Waals surface area contributed by atoms with Crippen molar-refractivity contribution in [2.45, 2.75) is 58.4 Å². The highest BCUT2D eigenvalue weighted by Crippen LogP contribution is 2.23. The van der Waals surface area contributed by atoms with Crippen LogP contribution in [0.15, 0.2) is 24.3 Å². The average Bonchev–Trinajstić information content (AvgIpc) is 2.42. The van der Waals surface area contributed by atoms with Gasteiger partial charge in [-0.15, -0.1) is 0 Å². The number of esters is 1. The van der Waals surface area contributed by atoms with Crippen LogP contribution in [0, 0.1) is 6.92 Å². The third-order valence-electron chi connectivity index (χ3n) is 3.60. The summed E-state index contributed by atoms with van der Waals surface area (Å²) in [5.74, 6) is -0.199. The normalized spacial score (nSPS) is 13.6. The molecule has 1 rings (SSSR count). The van der Waals surface area contributed by atoms with Crippen LogP contribution in [-0.2, 0) is 9.53 Å². The van der Waals surface area contributed by atoms with Crippen molar-refractivity contribution in [3.63, 3.8) is 0 Å². The lowest BCUT2D eigenvalue weighted by Gasteiger charge is -2.29. The van der Waals surface area contributed by atoms with E-state index in [1.165, 1.54) is 25.5 Å². The second kappa shape index (κ2) is 7.93. The van der Waals surface area contributed by atoms with Crippen molar-refractivity contribution in [1.29, 1.82) is 0 Å². The fourth-order valence-corrected chi connectivity index (χ4v) is 2.39. The fourth-order valence-electron chi connectivity index (χ4n) is 2.39. The predicted octanol–water partition coefficient (Wildman–Crippen LogP) is 4.31. The minimum absolute atomic E-state index is 0.199. The van der Waals surface area contributed by atoms with Crippen molar-refractivity contribution in [3.05, 3.63) is 29.8 Å². The molecule has 112 valence electrons. The molecule has 1 aromatic rings. The van der Waals surface area contributed by atoms with E-state index in [0.717, 1.165) is 24.9 Å². The van der Waals surface area contributed by atoms with E-state index >= 15 is 0 Å². The molecule has 0 radical (unpaired) electrons. The number of carbonyl (C=O) groups excluding carboxylic acids is 1. The third-order valence-corrected chi connectivity index (χ3v) is 3.60. The molecule has 1 aromatic carbocycles. The molecule has 0 amide bonds. The van der Waals surface area contributed by atoms with Crippen molar-refractivity contribution < 1.29 is 9.53 Å². The summed E-state index contributed by atoms with van der Waals surface area (Å²) < 4.78 is 4.97. The molecule has 0 saturated carbocycles. The molecule has 3 nitrogen and oxygen atoms in total. The maximum Gasteiger partial charge on any atom is 0.331 e. The van der Waals surface area contributed by atoms with Crippen molar-refractivity contribution in [3.8, 4) is 0 Å². The Hall–Kier alpha value is -1.51. The lowest BCUT2D eigenvalue weighted by Crippen LogP contribution is -2.44. The van der Waals surface area contributed by atoms with Crippen LogP contribution in [0.25, 0.3) is 0 Å². The number of anilines is 1.